The molecule has 13 nitrogen and oxygen atoms in total. The Morgan fingerprint density at radius 3 is 2.02 bits per heavy atom. The number of rotatable bonds is 21. The van der Waals surface area contributed by atoms with Gasteiger partial charge in [0.2, 0.25) is 17.7 Å². The molecule has 0 aliphatic carbocycles. The van der Waals surface area contributed by atoms with E-state index in [1.54, 1.807) is 65.8 Å². The first-order valence-electron chi connectivity index (χ1n) is 15.3. The van der Waals surface area contributed by atoms with E-state index < -0.39 is 29.8 Å². The number of carbonyl (C=O) groups excluding carboxylic acids is 7. The predicted octanol–water partition coefficient (Wildman–Crippen LogP) is 2.26. The molecule has 0 bridgehead atoms. The van der Waals surface area contributed by atoms with Crippen LogP contribution in [0.3, 0.4) is 0 Å². The average molecular weight is 632 g/mol. The maximum atomic E-state index is 13.3. The van der Waals surface area contributed by atoms with E-state index in [0.717, 1.165) is 5.56 Å². The van der Waals surface area contributed by atoms with Crippen molar-refractivity contribution in [3.63, 3.8) is 0 Å². The van der Waals surface area contributed by atoms with Gasteiger partial charge in [-0.2, -0.15) is 0 Å². The lowest BCUT2D eigenvalue weighted by Crippen LogP contribution is -2.46. The van der Waals surface area contributed by atoms with E-state index >= 15 is 0 Å². The summed E-state index contributed by atoms with van der Waals surface area (Å²) in [5, 5.41) is 10.5. The van der Waals surface area contributed by atoms with Crippen LogP contribution in [0.1, 0.15) is 72.8 Å². The third kappa shape index (κ3) is 16.0. The zero-order chi connectivity index (χ0) is 34.1. The smallest absolute Gasteiger partial charge is 0.312 e. The Morgan fingerprint density at radius 2 is 1.47 bits per heavy atom. The molecule has 0 unspecified atom stereocenters. The van der Waals surface area contributed by atoms with Gasteiger partial charge in [0.15, 0.2) is 11.6 Å². The zero-order valence-corrected chi connectivity index (χ0v) is 27.2. The first kappa shape index (κ1) is 38.9. The van der Waals surface area contributed by atoms with E-state index in [2.05, 4.69) is 21.3 Å². The van der Waals surface area contributed by atoms with Crippen LogP contribution in [0.4, 0.5) is 10.5 Å². The fourth-order valence-corrected chi connectivity index (χ4v) is 4.11. The monoisotopic (exact) mass is 631 g/mol. The van der Waals surface area contributed by atoms with E-state index in [4.69, 9.17) is 10.5 Å². The van der Waals surface area contributed by atoms with Gasteiger partial charge in [-0.3, -0.25) is 28.8 Å². The highest BCUT2D eigenvalue weighted by Gasteiger charge is 2.30. The molecule has 0 aliphatic heterocycles. The molecule has 1 aromatic rings. The summed E-state index contributed by atoms with van der Waals surface area (Å²) < 4.78 is 5.44. The molecule has 1 rings (SSSR count). The van der Waals surface area contributed by atoms with Crippen molar-refractivity contribution in [2.45, 2.75) is 79.9 Å². The van der Waals surface area contributed by atoms with Gasteiger partial charge in [-0.1, -0.05) is 53.7 Å². The van der Waals surface area contributed by atoms with Crippen molar-refractivity contribution in [1.82, 2.24) is 16.0 Å². The number of ketones is 3. The van der Waals surface area contributed by atoms with Gasteiger partial charge in [0.1, 0.15) is 12.4 Å². The topological polar surface area (TPSA) is 203 Å². The van der Waals surface area contributed by atoms with Crippen LogP contribution in [0.5, 0.6) is 0 Å². The first-order valence-corrected chi connectivity index (χ1v) is 15.3. The second-order valence-electron chi connectivity index (χ2n) is 12.0. The van der Waals surface area contributed by atoms with Gasteiger partial charge >= 0.3 is 6.03 Å². The molecule has 0 saturated carbocycles. The van der Waals surface area contributed by atoms with Crippen LogP contribution in [0.15, 0.2) is 24.3 Å². The minimum atomic E-state index is -0.880. The van der Waals surface area contributed by atoms with E-state index in [-0.39, 0.29) is 86.6 Å². The number of benzene rings is 1. The molecule has 45 heavy (non-hydrogen) atoms. The molecule has 2 atom stereocenters. The summed E-state index contributed by atoms with van der Waals surface area (Å²) in [7, 11) is 0. The molecular weight excluding hydrogens is 582 g/mol. The van der Waals surface area contributed by atoms with Crippen molar-refractivity contribution in [1.29, 1.82) is 0 Å². The van der Waals surface area contributed by atoms with E-state index in [1.807, 2.05) is 0 Å². The maximum Gasteiger partial charge on any atom is 0.312 e. The van der Waals surface area contributed by atoms with Crippen LogP contribution < -0.4 is 27.0 Å². The highest BCUT2D eigenvalue weighted by molar-refractivity contribution is 6.01. The summed E-state index contributed by atoms with van der Waals surface area (Å²) >= 11 is 0. The maximum absolute atomic E-state index is 13.3. The second kappa shape index (κ2) is 20.0. The number of anilines is 1. The lowest BCUT2D eigenvalue weighted by atomic mass is 9.89. The van der Waals surface area contributed by atoms with E-state index in [1.165, 1.54) is 0 Å². The van der Waals surface area contributed by atoms with Gasteiger partial charge in [-0.05, 0) is 36.5 Å². The van der Waals surface area contributed by atoms with Crippen LogP contribution in [-0.4, -0.2) is 66.8 Å². The molecule has 0 radical (unpaired) electrons. The third-order valence-electron chi connectivity index (χ3n) is 6.89. The summed E-state index contributed by atoms with van der Waals surface area (Å²) in [6.07, 6.45) is 0.151. The first-order chi connectivity index (χ1) is 21.1. The molecule has 0 aliphatic rings. The Balaban J connectivity index is 2.83. The summed E-state index contributed by atoms with van der Waals surface area (Å²) in [4.78, 5) is 85.6. The minimum absolute atomic E-state index is 0.105. The van der Waals surface area contributed by atoms with Gasteiger partial charge in [0, 0.05) is 36.4 Å². The summed E-state index contributed by atoms with van der Waals surface area (Å²) in [6.45, 7) is 10.5. The Morgan fingerprint density at radius 1 is 0.822 bits per heavy atom. The van der Waals surface area contributed by atoms with Crippen molar-refractivity contribution >= 4 is 46.8 Å². The molecule has 6 N–H and O–H groups in total. The lowest BCUT2D eigenvalue weighted by molar-refractivity contribution is -0.134. The van der Waals surface area contributed by atoms with Gasteiger partial charge in [-0.15, -0.1) is 0 Å². The Bertz CT molecular complexity index is 1180. The number of nitrogens with one attached hydrogen (secondary N) is 4. The fourth-order valence-electron chi connectivity index (χ4n) is 4.11. The van der Waals surface area contributed by atoms with Gasteiger partial charge < -0.3 is 31.7 Å². The van der Waals surface area contributed by atoms with Crippen LogP contribution in [0.2, 0.25) is 0 Å². The number of amides is 5. The fraction of sp³-hybridized carbons (Fsp3) is 0.594. The molecule has 0 spiro atoms. The van der Waals surface area contributed by atoms with Crippen molar-refractivity contribution in [3.05, 3.63) is 29.8 Å². The third-order valence-corrected chi connectivity index (χ3v) is 6.89. The van der Waals surface area contributed by atoms with Crippen LogP contribution in [0.25, 0.3) is 0 Å². The second-order valence-corrected chi connectivity index (χ2v) is 12.0. The van der Waals surface area contributed by atoms with Crippen LogP contribution in [0, 0.1) is 23.7 Å². The molecule has 5 amide bonds. The normalized spacial score (nSPS) is 12.4. The summed E-state index contributed by atoms with van der Waals surface area (Å²) in [6, 6.07) is 5.20. The molecular formula is C32H49N5O8. The number of nitrogens with two attached hydrogens (primary N) is 1. The average Bonchev–Trinajstić information content (AvgIpc) is 2.96. The van der Waals surface area contributed by atoms with Gasteiger partial charge in [0.25, 0.3) is 0 Å². The molecule has 250 valence electrons. The Kier molecular flexibility index (Phi) is 17.3. The number of hydrogen-bond donors (Lipinski definition) is 5. The molecule has 0 fully saturated rings. The number of ether oxygens (including phenoxy) is 1. The molecule has 1 aromatic carbocycles. The molecule has 0 heterocycles. The Hall–Kier alpha value is -4.13. The van der Waals surface area contributed by atoms with Crippen molar-refractivity contribution in [3.8, 4) is 0 Å². The van der Waals surface area contributed by atoms with Crippen molar-refractivity contribution < 1.29 is 38.3 Å². The van der Waals surface area contributed by atoms with Gasteiger partial charge in [-0.25, -0.2) is 4.79 Å². The van der Waals surface area contributed by atoms with Crippen LogP contribution >= 0.6 is 0 Å². The Labute approximate surface area is 265 Å². The van der Waals surface area contributed by atoms with E-state index in [0.29, 0.717) is 12.1 Å². The highest BCUT2D eigenvalue weighted by Crippen LogP contribution is 2.19. The minimum Gasteiger partial charge on any atom is -0.369 e. The standard InChI is InChI=1S/C32H49N5O8/c1-19(2)26(39)15-28(41)37-29(20(3)4)27(40)14-23(8-7-13-34-32(33)44)31(43)36-24-11-9-22(10-12-24)17-45-18-25(38)16-35-30(42)21(5)6/h9-12,19-21,23,29H,7-8,13-18H2,1-6H3,(H,35,42)(H,36,43)(H,37,41)(H3,33,34,44)/t23-,29+/m1/s1. The zero-order valence-electron chi connectivity index (χ0n) is 27.2. The number of urea groups is 1. The quantitative estimate of drug-likeness (QED) is 0.100. The number of hydrogen-bond acceptors (Lipinski definition) is 8. The predicted molar refractivity (Wildman–Crippen MR) is 169 cm³/mol. The van der Waals surface area contributed by atoms with Crippen LogP contribution in [-0.2, 0) is 40.1 Å². The highest BCUT2D eigenvalue weighted by atomic mass is 16.5. The van der Waals surface area contributed by atoms with Gasteiger partial charge in [0.05, 0.1) is 25.6 Å². The van der Waals surface area contributed by atoms with Crippen molar-refractivity contribution in [2.24, 2.45) is 29.4 Å². The molecule has 0 aromatic heterocycles. The largest absolute Gasteiger partial charge is 0.369 e. The summed E-state index contributed by atoms with van der Waals surface area (Å²) in [5.41, 5.74) is 6.36. The number of Topliss-reactive ketones (excluding diaryl/α,β-unsaturated/α-hetero) is 3. The molecule has 13 heteroatoms. The van der Waals surface area contributed by atoms with Crippen molar-refractivity contribution in [2.75, 3.05) is 25.0 Å². The lowest BCUT2D eigenvalue weighted by Gasteiger charge is -2.24. The SMILES string of the molecule is CC(C)C(=O)CC(=O)N[C@H](C(=O)C[C@@H](CCCNC(N)=O)C(=O)Nc1ccc(COCC(=O)CNC(=O)C(C)C)cc1)C(C)C. The summed E-state index contributed by atoms with van der Waals surface area (Å²) in [5.74, 6) is -3.59. The molecule has 0 saturated heterocycles. The van der Waals surface area contributed by atoms with E-state index in [9.17, 15) is 33.6 Å². The number of primary amides is 1. The number of carbonyl (C=O) groups is 7.